The van der Waals surface area contributed by atoms with E-state index in [-0.39, 0.29) is 0 Å². The first-order chi connectivity index (χ1) is 10.4. The first kappa shape index (κ1) is 15.0. The van der Waals surface area contributed by atoms with E-state index in [0.717, 1.165) is 12.8 Å². The van der Waals surface area contributed by atoms with Gasteiger partial charge in [0.15, 0.2) is 0 Å². The number of rotatable bonds is 2. The summed E-state index contributed by atoms with van der Waals surface area (Å²) in [4.78, 5) is 0. The Morgan fingerprint density at radius 2 is 1.09 bits per heavy atom. The predicted molar refractivity (Wildman–Crippen MR) is 90.0 cm³/mol. The van der Waals surface area contributed by atoms with Gasteiger partial charge in [-0.2, -0.15) is 0 Å². The highest BCUT2D eigenvalue weighted by Crippen LogP contribution is 2.39. The van der Waals surface area contributed by atoms with E-state index < -0.39 is 0 Å². The molecule has 2 nitrogen and oxygen atoms in total. The summed E-state index contributed by atoms with van der Waals surface area (Å²) in [6.45, 7) is 8.69. The zero-order valence-electron chi connectivity index (χ0n) is 13.8. The molecule has 0 amide bonds. The van der Waals surface area contributed by atoms with Crippen molar-refractivity contribution in [2.24, 2.45) is 0 Å². The maximum atomic E-state index is 10.0. The third-order valence-electron chi connectivity index (χ3n) is 4.70. The van der Waals surface area contributed by atoms with Crippen LogP contribution in [0.5, 0.6) is 11.5 Å². The lowest BCUT2D eigenvalue weighted by Gasteiger charge is -2.27. The van der Waals surface area contributed by atoms with Gasteiger partial charge in [-0.3, -0.25) is 0 Å². The number of fused-ring (bicyclic) bond motifs is 2. The minimum Gasteiger partial charge on any atom is -0.508 e. The van der Waals surface area contributed by atoms with Gasteiger partial charge >= 0.3 is 0 Å². The minimum absolute atomic E-state index is 0.343. The average molecular weight is 296 g/mol. The summed E-state index contributed by atoms with van der Waals surface area (Å²) < 4.78 is 0. The van der Waals surface area contributed by atoms with Crippen molar-refractivity contribution in [2.75, 3.05) is 0 Å². The summed E-state index contributed by atoms with van der Waals surface area (Å²) in [6, 6.07) is 7.57. The van der Waals surface area contributed by atoms with Crippen LogP contribution < -0.4 is 0 Å². The second kappa shape index (κ2) is 5.35. The van der Waals surface area contributed by atoms with Gasteiger partial charge in [-0.05, 0) is 82.3 Å². The fourth-order valence-corrected chi connectivity index (χ4v) is 3.64. The number of hydrogen-bond donors (Lipinski definition) is 2. The highest BCUT2D eigenvalue weighted by atomic mass is 16.3. The number of aromatic hydroxyl groups is 2. The number of phenols is 2. The lowest BCUT2D eigenvalue weighted by molar-refractivity contribution is 0.472. The topological polar surface area (TPSA) is 40.5 Å². The molecule has 2 aromatic carbocycles. The van der Waals surface area contributed by atoms with E-state index in [1.54, 1.807) is 0 Å². The highest BCUT2D eigenvalue weighted by Gasteiger charge is 2.24. The molecule has 0 bridgehead atoms. The van der Waals surface area contributed by atoms with Crippen molar-refractivity contribution in [2.45, 2.75) is 52.4 Å². The van der Waals surface area contributed by atoms with Crippen LogP contribution in [0.4, 0.5) is 0 Å². The molecular weight excluding hydrogens is 272 g/mol. The summed E-state index contributed by atoms with van der Waals surface area (Å²) in [6.07, 6.45) is 1.68. The first-order valence-corrected chi connectivity index (χ1v) is 8.06. The molecule has 116 valence electrons. The number of benzene rings is 2. The Morgan fingerprint density at radius 1 is 0.682 bits per heavy atom. The van der Waals surface area contributed by atoms with Crippen LogP contribution in [0.1, 0.15) is 72.9 Å². The van der Waals surface area contributed by atoms with Crippen molar-refractivity contribution in [1.29, 1.82) is 0 Å². The van der Waals surface area contributed by atoms with Crippen LogP contribution >= 0.6 is 0 Å². The molecule has 0 spiro atoms. The SMILES string of the molecule is CC(C)c1cc(O)cc2c1Cc1c(cc(O)cc1C(C)C)C2. The molecule has 2 heteroatoms. The Balaban J connectivity index is 2.18. The molecule has 2 N–H and O–H groups in total. The van der Waals surface area contributed by atoms with Gasteiger partial charge in [0.25, 0.3) is 0 Å². The number of phenolic OH excluding ortho intramolecular Hbond substituents is 2. The fourth-order valence-electron chi connectivity index (χ4n) is 3.64. The van der Waals surface area contributed by atoms with E-state index in [4.69, 9.17) is 0 Å². The summed E-state index contributed by atoms with van der Waals surface area (Å²) in [5, 5.41) is 20.0. The van der Waals surface area contributed by atoms with Crippen molar-refractivity contribution in [3.63, 3.8) is 0 Å². The van der Waals surface area contributed by atoms with E-state index in [0.29, 0.717) is 23.3 Å². The maximum absolute atomic E-state index is 10.0. The van der Waals surface area contributed by atoms with Gasteiger partial charge in [0, 0.05) is 0 Å². The molecule has 0 heterocycles. The van der Waals surface area contributed by atoms with Crippen molar-refractivity contribution < 1.29 is 10.2 Å². The monoisotopic (exact) mass is 296 g/mol. The number of hydrogen-bond acceptors (Lipinski definition) is 2. The standard InChI is InChI=1S/C20H24O2/c1-11(2)17-8-15(21)6-13-5-14-7-16(22)9-18(12(3)4)20(14)10-19(13)17/h6-9,11-12,21-22H,5,10H2,1-4H3. The third kappa shape index (κ3) is 2.47. The second-order valence-electron chi connectivity index (χ2n) is 7.01. The molecule has 0 unspecified atom stereocenters. The molecule has 2 aromatic rings. The van der Waals surface area contributed by atoms with Gasteiger partial charge in [0.1, 0.15) is 11.5 Å². The second-order valence-corrected chi connectivity index (χ2v) is 7.01. The lowest BCUT2D eigenvalue weighted by Crippen LogP contribution is -2.13. The van der Waals surface area contributed by atoms with Gasteiger partial charge in [0.2, 0.25) is 0 Å². The quantitative estimate of drug-likeness (QED) is 0.710. The third-order valence-corrected chi connectivity index (χ3v) is 4.70. The maximum Gasteiger partial charge on any atom is 0.116 e. The Morgan fingerprint density at radius 3 is 1.45 bits per heavy atom. The normalized spacial score (nSPS) is 13.4. The first-order valence-electron chi connectivity index (χ1n) is 8.06. The van der Waals surface area contributed by atoms with Crippen LogP contribution in [0.25, 0.3) is 0 Å². The summed E-state index contributed by atoms with van der Waals surface area (Å²) >= 11 is 0. The van der Waals surface area contributed by atoms with Crippen molar-refractivity contribution in [3.8, 4) is 11.5 Å². The molecule has 0 aliphatic heterocycles. The summed E-state index contributed by atoms with van der Waals surface area (Å²) in [5.74, 6) is 1.47. The zero-order chi connectivity index (χ0) is 16.0. The van der Waals surface area contributed by atoms with E-state index in [2.05, 4.69) is 27.7 Å². The molecule has 3 rings (SSSR count). The largest absolute Gasteiger partial charge is 0.508 e. The molecule has 0 aromatic heterocycles. The van der Waals surface area contributed by atoms with Gasteiger partial charge in [-0.1, -0.05) is 27.7 Å². The molecule has 0 atom stereocenters. The molecule has 0 saturated carbocycles. The fraction of sp³-hybridized carbons (Fsp3) is 0.400. The summed E-state index contributed by atoms with van der Waals surface area (Å²) in [5.41, 5.74) is 7.57. The lowest BCUT2D eigenvalue weighted by atomic mass is 9.78. The van der Waals surface area contributed by atoms with Gasteiger partial charge in [-0.15, -0.1) is 0 Å². The Bertz CT molecular complexity index is 665. The smallest absolute Gasteiger partial charge is 0.116 e. The van der Waals surface area contributed by atoms with Crippen LogP contribution in [0, 0.1) is 0 Å². The molecular formula is C20H24O2. The van der Waals surface area contributed by atoms with Crippen LogP contribution in [0.15, 0.2) is 24.3 Å². The van der Waals surface area contributed by atoms with E-state index in [1.807, 2.05) is 24.3 Å². The molecule has 0 saturated heterocycles. The van der Waals surface area contributed by atoms with Gasteiger partial charge < -0.3 is 10.2 Å². The van der Waals surface area contributed by atoms with Crippen molar-refractivity contribution in [3.05, 3.63) is 57.6 Å². The van der Waals surface area contributed by atoms with E-state index in [9.17, 15) is 10.2 Å². The van der Waals surface area contributed by atoms with Gasteiger partial charge in [0.05, 0.1) is 0 Å². The Kier molecular flexibility index (Phi) is 3.64. The van der Waals surface area contributed by atoms with Crippen LogP contribution in [-0.2, 0) is 12.8 Å². The van der Waals surface area contributed by atoms with E-state index in [1.165, 1.54) is 33.4 Å². The van der Waals surface area contributed by atoms with Crippen LogP contribution in [0.2, 0.25) is 0 Å². The van der Waals surface area contributed by atoms with Crippen molar-refractivity contribution in [1.82, 2.24) is 0 Å². The van der Waals surface area contributed by atoms with Gasteiger partial charge in [-0.25, -0.2) is 0 Å². The summed E-state index contributed by atoms with van der Waals surface area (Å²) in [7, 11) is 0. The zero-order valence-corrected chi connectivity index (χ0v) is 13.8. The molecule has 1 aliphatic carbocycles. The van der Waals surface area contributed by atoms with Crippen molar-refractivity contribution >= 4 is 0 Å². The molecule has 0 fully saturated rings. The Labute approximate surface area is 132 Å². The average Bonchev–Trinajstić information content (AvgIpc) is 2.43. The van der Waals surface area contributed by atoms with E-state index >= 15 is 0 Å². The molecule has 0 radical (unpaired) electrons. The predicted octanol–water partition coefficient (Wildman–Crippen LogP) is 4.84. The van der Waals surface area contributed by atoms with Crippen LogP contribution in [0.3, 0.4) is 0 Å². The van der Waals surface area contributed by atoms with Crippen LogP contribution in [-0.4, -0.2) is 10.2 Å². The molecule has 22 heavy (non-hydrogen) atoms. The Hall–Kier alpha value is -1.96. The minimum atomic E-state index is 0.343. The highest BCUT2D eigenvalue weighted by molar-refractivity contribution is 5.56. The molecule has 1 aliphatic rings.